The third-order valence-corrected chi connectivity index (χ3v) is 4.02. The molecule has 2 rings (SSSR count). The van der Waals surface area contributed by atoms with Crippen LogP contribution in [-0.4, -0.2) is 36.9 Å². The van der Waals surface area contributed by atoms with Gasteiger partial charge in [0.05, 0.1) is 24.4 Å². The van der Waals surface area contributed by atoms with Crippen molar-refractivity contribution in [3.8, 4) is 0 Å². The summed E-state index contributed by atoms with van der Waals surface area (Å²) in [5, 5.41) is 0. The Balaban J connectivity index is 1.77. The number of primary amides is 1. The van der Waals surface area contributed by atoms with Gasteiger partial charge >= 0.3 is 0 Å². The topological polar surface area (TPSA) is 87.6 Å². The molecule has 0 spiro atoms. The number of hydrogen-bond donors (Lipinski definition) is 2. The molecule has 1 aliphatic carbocycles. The number of hydrogen-bond acceptors (Lipinski definition) is 4. The predicted octanol–water partition coefficient (Wildman–Crippen LogP) is 0.697. The van der Waals surface area contributed by atoms with Gasteiger partial charge in [0.1, 0.15) is 0 Å². The van der Waals surface area contributed by atoms with Crippen LogP contribution in [0.3, 0.4) is 0 Å². The zero-order chi connectivity index (χ0) is 13.0. The molecule has 104 valence electrons. The average molecular weight is 256 g/mol. The van der Waals surface area contributed by atoms with E-state index in [4.69, 9.17) is 20.9 Å². The number of carbonyl (C=O) groups excluding carboxylic acids is 1. The van der Waals surface area contributed by atoms with Gasteiger partial charge in [-0.1, -0.05) is 0 Å². The zero-order valence-corrected chi connectivity index (χ0v) is 10.9. The van der Waals surface area contributed by atoms with Crippen molar-refractivity contribution < 1.29 is 14.3 Å². The van der Waals surface area contributed by atoms with E-state index >= 15 is 0 Å². The minimum Gasteiger partial charge on any atom is -0.376 e. The molecule has 0 aromatic rings. The van der Waals surface area contributed by atoms with Gasteiger partial charge in [-0.2, -0.15) is 0 Å². The SMILES string of the molecule is NC(=O)C1(N)CCCC(OCC2CCCCO2)C1. The molecule has 1 saturated carbocycles. The third kappa shape index (κ3) is 3.43. The van der Waals surface area contributed by atoms with Crippen molar-refractivity contribution in [1.29, 1.82) is 0 Å². The van der Waals surface area contributed by atoms with E-state index in [2.05, 4.69) is 0 Å². The number of carbonyl (C=O) groups is 1. The number of nitrogens with two attached hydrogens (primary N) is 2. The lowest BCUT2D eigenvalue weighted by Crippen LogP contribution is -2.56. The molecule has 1 aliphatic heterocycles. The normalized spacial score (nSPS) is 37.4. The monoisotopic (exact) mass is 256 g/mol. The smallest absolute Gasteiger partial charge is 0.237 e. The molecule has 2 fully saturated rings. The summed E-state index contributed by atoms with van der Waals surface area (Å²) in [4.78, 5) is 11.3. The summed E-state index contributed by atoms with van der Waals surface area (Å²) in [7, 11) is 0. The van der Waals surface area contributed by atoms with Crippen LogP contribution in [0.4, 0.5) is 0 Å². The molecule has 3 unspecified atom stereocenters. The molecule has 18 heavy (non-hydrogen) atoms. The first-order valence-electron chi connectivity index (χ1n) is 6.92. The molecule has 0 aromatic heterocycles. The second-order valence-electron chi connectivity index (χ2n) is 5.56. The Morgan fingerprint density at radius 1 is 1.33 bits per heavy atom. The first-order valence-corrected chi connectivity index (χ1v) is 6.92. The Labute approximate surface area is 108 Å². The molecule has 5 heteroatoms. The van der Waals surface area contributed by atoms with Crippen LogP contribution in [0.1, 0.15) is 44.9 Å². The van der Waals surface area contributed by atoms with E-state index in [1.54, 1.807) is 0 Å². The molecule has 1 saturated heterocycles. The van der Waals surface area contributed by atoms with Crippen LogP contribution in [0.2, 0.25) is 0 Å². The average Bonchev–Trinajstić information content (AvgIpc) is 2.38. The van der Waals surface area contributed by atoms with Gasteiger partial charge in [0.2, 0.25) is 5.91 Å². The molecular weight excluding hydrogens is 232 g/mol. The van der Waals surface area contributed by atoms with E-state index in [9.17, 15) is 4.79 Å². The maximum atomic E-state index is 11.3. The zero-order valence-electron chi connectivity index (χ0n) is 10.9. The van der Waals surface area contributed by atoms with Gasteiger partial charge in [0.25, 0.3) is 0 Å². The van der Waals surface area contributed by atoms with Gasteiger partial charge in [-0.05, 0) is 38.5 Å². The molecule has 0 aromatic carbocycles. The fourth-order valence-electron chi connectivity index (χ4n) is 2.80. The van der Waals surface area contributed by atoms with Crippen molar-refractivity contribution in [1.82, 2.24) is 0 Å². The molecule has 5 nitrogen and oxygen atoms in total. The molecule has 0 bridgehead atoms. The highest BCUT2D eigenvalue weighted by Gasteiger charge is 2.38. The van der Waals surface area contributed by atoms with Crippen molar-refractivity contribution in [2.75, 3.05) is 13.2 Å². The Kier molecular flexibility index (Phi) is 4.59. The van der Waals surface area contributed by atoms with Crippen molar-refractivity contribution in [3.05, 3.63) is 0 Å². The maximum absolute atomic E-state index is 11.3. The van der Waals surface area contributed by atoms with Crippen LogP contribution >= 0.6 is 0 Å². The molecule has 0 radical (unpaired) electrons. The van der Waals surface area contributed by atoms with Crippen LogP contribution in [0, 0.1) is 0 Å². The number of ether oxygens (including phenoxy) is 2. The Hall–Kier alpha value is -0.650. The van der Waals surface area contributed by atoms with Crippen LogP contribution in [0.5, 0.6) is 0 Å². The maximum Gasteiger partial charge on any atom is 0.237 e. The minimum absolute atomic E-state index is 0.0433. The van der Waals surface area contributed by atoms with Gasteiger partial charge in [0, 0.05) is 13.0 Å². The summed E-state index contributed by atoms with van der Waals surface area (Å²) in [6.07, 6.45) is 6.74. The van der Waals surface area contributed by atoms with E-state index in [0.717, 1.165) is 32.3 Å². The van der Waals surface area contributed by atoms with Gasteiger partial charge in [-0.15, -0.1) is 0 Å². The lowest BCUT2D eigenvalue weighted by atomic mass is 9.80. The lowest BCUT2D eigenvalue weighted by Gasteiger charge is -2.36. The van der Waals surface area contributed by atoms with Gasteiger partial charge < -0.3 is 20.9 Å². The molecule has 1 amide bonds. The molecular formula is C13H24N2O3. The first-order chi connectivity index (χ1) is 8.60. The third-order valence-electron chi connectivity index (χ3n) is 4.02. The van der Waals surface area contributed by atoms with Crippen molar-refractivity contribution in [2.45, 2.75) is 62.7 Å². The molecule has 1 heterocycles. The van der Waals surface area contributed by atoms with Crippen LogP contribution in [0.25, 0.3) is 0 Å². The highest BCUT2D eigenvalue weighted by Crippen LogP contribution is 2.28. The standard InChI is InChI=1S/C13H24N2O3/c14-12(16)13(15)6-3-5-10(8-13)18-9-11-4-1-2-7-17-11/h10-11H,1-9,15H2,(H2,14,16). The summed E-state index contributed by atoms with van der Waals surface area (Å²) in [5.41, 5.74) is 10.5. The van der Waals surface area contributed by atoms with Crippen LogP contribution in [-0.2, 0) is 14.3 Å². The Morgan fingerprint density at radius 3 is 2.83 bits per heavy atom. The fraction of sp³-hybridized carbons (Fsp3) is 0.923. The second kappa shape index (κ2) is 5.99. The van der Waals surface area contributed by atoms with Crippen molar-refractivity contribution in [3.63, 3.8) is 0 Å². The largest absolute Gasteiger partial charge is 0.376 e. The van der Waals surface area contributed by atoms with Crippen LogP contribution < -0.4 is 11.5 Å². The molecule has 2 aliphatic rings. The molecule has 3 atom stereocenters. The summed E-state index contributed by atoms with van der Waals surface area (Å²) >= 11 is 0. The van der Waals surface area contributed by atoms with Crippen molar-refractivity contribution in [2.24, 2.45) is 11.5 Å². The van der Waals surface area contributed by atoms with Gasteiger partial charge in [-0.3, -0.25) is 4.79 Å². The summed E-state index contributed by atoms with van der Waals surface area (Å²) < 4.78 is 11.5. The highest BCUT2D eigenvalue weighted by molar-refractivity contribution is 5.84. The second-order valence-corrected chi connectivity index (χ2v) is 5.56. The number of amides is 1. The van der Waals surface area contributed by atoms with E-state index in [0.29, 0.717) is 19.4 Å². The van der Waals surface area contributed by atoms with E-state index < -0.39 is 11.4 Å². The Morgan fingerprint density at radius 2 is 2.17 bits per heavy atom. The minimum atomic E-state index is -0.879. The van der Waals surface area contributed by atoms with Gasteiger partial charge in [-0.25, -0.2) is 0 Å². The summed E-state index contributed by atoms with van der Waals surface area (Å²) in [5.74, 6) is -0.412. The van der Waals surface area contributed by atoms with Crippen molar-refractivity contribution >= 4 is 5.91 Å². The predicted molar refractivity (Wildman–Crippen MR) is 67.9 cm³/mol. The lowest BCUT2D eigenvalue weighted by molar-refractivity contribution is -0.128. The Bertz CT molecular complexity index is 292. The van der Waals surface area contributed by atoms with E-state index in [1.165, 1.54) is 6.42 Å². The highest BCUT2D eigenvalue weighted by atomic mass is 16.5. The quantitative estimate of drug-likeness (QED) is 0.775. The first kappa shape index (κ1) is 13.8. The fourth-order valence-corrected chi connectivity index (χ4v) is 2.80. The molecule has 4 N–H and O–H groups in total. The summed E-state index contributed by atoms with van der Waals surface area (Å²) in [6, 6.07) is 0. The van der Waals surface area contributed by atoms with E-state index in [1.807, 2.05) is 0 Å². The van der Waals surface area contributed by atoms with Gasteiger partial charge in [0.15, 0.2) is 0 Å². The number of rotatable bonds is 4. The van der Waals surface area contributed by atoms with Crippen LogP contribution in [0.15, 0.2) is 0 Å². The summed E-state index contributed by atoms with van der Waals surface area (Å²) in [6.45, 7) is 1.44. The van der Waals surface area contributed by atoms with E-state index in [-0.39, 0.29) is 12.2 Å².